The van der Waals surface area contributed by atoms with Crippen LogP contribution in [0.15, 0.2) is 26.2 Å². The number of aryl methyl sites for hydroxylation is 1. The van der Waals surface area contributed by atoms with Gasteiger partial charge in [0.05, 0.1) is 15.9 Å². The second kappa shape index (κ2) is 4.16. The number of nitrogens with one attached hydrogen (secondary N) is 1. The molecule has 0 unspecified atom stereocenters. The van der Waals surface area contributed by atoms with Crippen molar-refractivity contribution in [2.75, 3.05) is 0 Å². The van der Waals surface area contributed by atoms with Crippen LogP contribution in [0.2, 0.25) is 5.02 Å². The Morgan fingerprint density at radius 3 is 2.65 bits per heavy atom. The van der Waals surface area contributed by atoms with Crippen molar-refractivity contribution in [2.24, 2.45) is 0 Å². The molecule has 2 rings (SSSR count). The van der Waals surface area contributed by atoms with E-state index in [4.69, 9.17) is 11.6 Å². The molecule has 0 aliphatic rings. The fourth-order valence-corrected chi connectivity index (χ4v) is 2.42. The van der Waals surface area contributed by atoms with Crippen LogP contribution in [-0.4, -0.2) is 10.1 Å². The molecule has 6 heteroatoms. The summed E-state index contributed by atoms with van der Waals surface area (Å²) in [5.41, 5.74) is -0.156. The molecule has 2 aromatic rings. The third-order valence-electron chi connectivity index (χ3n) is 2.37. The molecule has 88 valence electrons. The Morgan fingerprint density at radius 2 is 2.00 bits per heavy atom. The molecule has 0 aliphatic heterocycles. The molecule has 0 saturated carbocycles. The monoisotopic (exact) mass is 315 g/mol. The molecule has 2 N–H and O–H groups in total. The third kappa shape index (κ3) is 1.96. The van der Waals surface area contributed by atoms with Crippen LogP contribution in [0, 0.1) is 6.92 Å². The standard InChI is InChI=1S/C11H7BrClNO3/c1-4-2-5-8(9(12)10(4)13)11(17)6(15)3-7(16)14-5/h2-3H,1H3,(H,14,16)(H,15,17). The number of rotatable bonds is 0. The zero-order chi connectivity index (χ0) is 12.7. The second-order valence-corrected chi connectivity index (χ2v) is 4.76. The van der Waals surface area contributed by atoms with Crippen molar-refractivity contribution in [3.63, 3.8) is 0 Å². The first-order valence-corrected chi connectivity index (χ1v) is 5.84. The Kier molecular flexibility index (Phi) is 2.97. The average molecular weight is 317 g/mol. The van der Waals surface area contributed by atoms with E-state index in [1.165, 1.54) is 0 Å². The first-order valence-electron chi connectivity index (χ1n) is 4.66. The highest BCUT2D eigenvalue weighted by atomic mass is 79.9. The molecule has 0 radical (unpaired) electrons. The lowest BCUT2D eigenvalue weighted by atomic mass is 10.1. The van der Waals surface area contributed by atoms with Crippen LogP contribution >= 0.6 is 27.5 Å². The van der Waals surface area contributed by atoms with E-state index in [1.54, 1.807) is 13.0 Å². The first-order chi connectivity index (χ1) is 7.91. The fraction of sp³-hybridized carbons (Fsp3) is 0.0909. The van der Waals surface area contributed by atoms with Crippen molar-refractivity contribution in [2.45, 2.75) is 6.92 Å². The van der Waals surface area contributed by atoms with E-state index in [-0.39, 0.29) is 5.39 Å². The van der Waals surface area contributed by atoms with E-state index in [9.17, 15) is 14.7 Å². The van der Waals surface area contributed by atoms with Crippen LogP contribution in [0.4, 0.5) is 0 Å². The molecule has 0 saturated heterocycles. The summed E-state index contributed by atoms with van der Waals surface area (Å²) in [6.07, 6.45) is 0. The van der Waals surface area contributed by atoms with Gasteiger partial charge in [-0.3, -0.25) is 9.59 Å². The predicted molar refractivity (Wildman–Crippen MR) is 70.0 cm³/mol. The van der Waals surface area contributed by atoms with Crippen molar-refractivity contribution in [3.05, 3.63) is 47.8 Å². The Bertz CT molecular complexity index is 739. The topological polar surface area (TPSA) is 70.2 Å². The minimum Gasteiger partial charge on any atom is -0.504 e. The normalized spacial score (nSPS) is 10.8. The SMILES string of the molecule is Cc1cc2[nH]c(=O)cc(O)c(=O)c2c(Br)c1Cl. The maximum absolute atomic E-state index is 11.9. The van der Waals surface area contributed by atoms with E-state index in [0.717, 1.165) is 6.07 Å². The van der Waals surface area contributed by atoms with Crippen molar-refractivity contribution in [3.8, 4) is 5.75 Å². The Balaban J connectivity index is 3.22. The maximum Gasteiger partial charge on any atom is 0.252 e. The number of hydrogen-bond acceptors (Lipinski definition) is 3. The van der Waals surface area contributed by atoms with Crippen LogP contribution in [0.5, 0.6) is 5.75 Å². The molecule has 1 aromatic heterocycles. The average Bonchev–Trinajstić information content (AvgIpc) is 2.34. The van der Waals surface area contributed by atoms with Crippen LogP contribution in [-0.2, 0) is 0 Å². The van der Waals surface area contributed by atoms with E-state index >= 15 is 0 Å². The predicted octanol–water partition coefficient (Wildman–Crippen LogP) is 2.32. The molecule has 17 heavy (non-hydrogen) atoms. The van der Waals surface area contributed by atoms with Gasteiger partial charge in [0.25, 0.3) is 5.56 Å². The lowest BCUT2D eigenvalue weighted by molar-refractivity contribution is 0.471. The molecule has 4 nitrogen and oxygen atoms in total. The van der Waals surface area contributed by atoms with Gasteiger partial charge in [-0.1, -0.05) is 11.6 Å². The number of benzene rings is 1. The van der Waals surface area contributed by atoms with Gasteiger partial charge in [-0.2, -0.15) is 0 Å². The van der Waals surface area contributed by atoms with Gasteiger partial charge in [0.15, 0.2) is 5.75 Å². The van der Waals surface area contributed by atoms with Gasteiger partial charge in [-0.25, -0.2) is 0 Å². The van der Waals surface area contributed by atoms with E-state index < -0.39 is 16.7 Å². The highest BCUT2D eigenvalue weighted by Crippen LogP contribution is 2.31. The van der Waals surface area contributed by atoms with Gasteiger partial charge in [-0.15, -0.1) is 0 Å². The molecular formula is C11H7BrClNO3. The van der Waals surface area contributed by atoms with Crippen molar-refractivity contribution < 1.29 is 5.11 Å². The lowest BCUT2D eigenvalue weighted by Gasteiger charge is -2.03. The van der Waals surface area contributed by atoms with Crippen LogP contribution < -0.4 is 11.0 Å². The number of aromatic nitrogens is 1. The molecule has 0 spiro atoms. The Morgan fingerprint density at radius 1 is 1.35 bits per heavy atom. The molecule has 1 heterocycles. The van der Waals surface area contributed by atoms with Crippen molar-refractivity contribution in [1.29, 1.82) is 0 Å². The summed E-state index contributed by atoms with van der Waals surface area (Å²) >= 11 is 9.20. The van der Waals surface area contributed by atoms with E-state index in [1.807, 2.05) is 0 Å². The largest absolute Gasteiger partial charge is 0.504 e. The Hall–Kier alpha value is -1.33. The zero-order valence-corrected chi connectivity index (χ0v) is 11.0. The van der Waals surface area contributed by atoms with Gasteiger partial charge in [0.2, 0.25) is 5.43 Å². The fourth-order valence-electron chi connectivity index (χ4n) is 1.56. The first kappa shape index (κ1) is 12.1. The van der Waals surface area contributed by atoms with Crippen LogP contribution in [0.25, 0.3) is 10.9 Å². The Labute approximate surface area is 109 Å². The van der Waals surface area contributed by atoms with Gasteiger partial charge in [-0.05, 0) is 34.5 Å². The molecule has 0 atom stereocenters. The smallest absolute Gasteiger partial charge is 0.252 e. The lowest BCUT2D eigenvalue weighted by Crippen LogP contribution is -1.99. The quantitative estimate of drug-likeness (QED) is 0.783. The van der Waals surface area contributed by atoms with Crippen molar-refractivity contribution in [1.82, 2.24) is 4.98 Å². The highest BCUT2D eigenvalue weighted by Gasteiger charge is 2.12. The van der Waals surface area contributed by atoms with Crippen LogP contribution in [0.3, 0.4) is 0 Å². The summed E-state index contributed by atoms with van der Waals surface area (Å²) in [6.45, 7) is 1.75. The molecule has 0 fully saturated rings. The summed E-state index contributed by atoms with van der Waals surface area (Å²) in [5, 5.41) is 9.98. The summed E-state index contributed by atoms with van der Waals surface area (Å²) in [6, 6.07) is 2.43. The number of hydrogen-bond donors (Lipinski definition) is 2. The summed E-state index contributed by atoms with van der Waals surface area (Å²) in [5.74, 6) is -0.609. The van der Waals surface area contributed by atoms with Gasteiger partial charge in [0, 0.05) is 10.5 Å². The summed E-state index contributed by atoms with van der Waals surface area (Å²) < 4.78 is 0.362. The summed E-state index contributed by atoms with van der Waals surface area (Å²) in [4.78, 5) is 25.7. The number of aromatic hydroxyl groups is 1. The highest BCUT2D eigenvalue weighted by molar-refractivity contribution is 9.10. The zero-order valence-electron chi connectivity index (χ0n) is 8.67. The van der Waals surface area contributed by atoms with Crippen LogP contribution in [0.1, 0.15) is 5.56 Å². The van der Waals surface area contributed by atoms with E-state index in [2.05, 4.69) is 20.9 Å². The summed E-state index contributed by atoms with van der Waals surface area (Å²) in [7, 11) is 0. The minimum absolute atomic E-state index is 0.153. The van der Waals surface area contributed by atoms with Crippen molar-refractivity contribution >= 4 is 38.4 Å². The molecule has 1 aromatic carbocycles. The molecule has 0 aliphatic carbocycles. The third-order valence-corrected chi connectivity index (χ3v) is 3.88. The second-order valence-electron chi connectivity index (χ2n) is 3.59. The van der Waals surface area contributed by atoms with Gasteiger partial charge in [0.1, 0.15) is 0 Å². The van der Waals surface area contributed by atoms with Gasteiger partial charge >= 0.3 is 0 Å². The molecular weight excluding hydrogens is 309 g/mol. The molecule has 0 amide bonds. The van der Waals surface area contributed by atoms with Gasteiger partial charge < -0.3 is 10.1 Å². The minimum atomic E-state index is -0.646. The molecule has 0 bridgehead atoms. The number of fused-ring (bicyclic) bond motifs is 1. The number of halogens is 2. The number of H-pyrrole nitrogens is 1. The maximum atomic E-state index is 11.9. The van der Waals surface area contributed by atoms with E-state index in [0.29, 0.717) is 20.6 Å². The number of aromatic amines is 1.